The van der Waals surface area contributed by atoms with E-state index in [1.165, 1.54) is 12.5 Å². The van der Waals surface area contributed by atoms with Gasteiger partial charge < -0.3 is 10.2 Å². The summed E-state index contributed by atoms with van der Waals surface area (Å²) in [6, 6.07) is 6.35. The van der Waals surface area contributed by atoms with Crippen LogP contribution in [-0.4, -0.2) is 23.5 Å². The third kappa shape index (κ3) is 2.81. The van der Waals surface area contributed by atoms with Crippen LogP contribution < -0.4 is 5.32 Å². The molecule has 4 heteroatoms. The maximum atomic E-state index is 13.5. The third-order valence-electron chi connectivity index (χ3n) is 3.47. The van der Waals surface area contributed by atoms with Gasteiger partial charge in [-0.3, -0.25) is 0 Å². The van der Waals surface area contributed by atoms with E-state index >= 15 is 0 Å². The number of urea groups is 1. The SMILES string of the molecule is CCC1CCCCN1C(=O)Nc1ccccc1F. The maximum Gasteiger partial charge on any atom is 0.322 e. The van der Waals surface area contributed by atoms with E-state index in [2.05, 4.69) is 12.2 Å². The molecule has 0 radical (unpaired) electrons. The largest absolute Gasteiger partial charge is 0.322 e. The van der Waals surface area contributed by atoms with Crippen LogP contribution in [0.1, 0.15) is 32.6 Å². The van der Waals surface area contributed by atoms with Gasteiger partial charge in [0.15, 0.2) is 0 Å². The molecule has 1 saturated heterocycles. The maximum absolute atomic E-state index is 13.5. The second-order valence-electron chi connectivity index (χ2n) is 4.66. The minimum atomic E-state index is -0.393. The summed E-state index contributed by atoms with van der Waals surface area (Å²) in [6.07, 6.45) is 4.19. The van der Waals surface area contributed by atoms with Gasteiger partial charge in [-0.25, -0.2) is 9.18 Å². The number of hydrogen-bond acceptors (Lipinski definition) is 1. The van der Waals surface area contributed by atoms with Crippen molar-refractivity contribution in [2.75, 3.05) is 11.9 Å². The first-order chi connectivity index (χ1) is 8.72. The monoisotopic (exact) mass is 250 g/mol. The molecule has 1 aromatic rings. The Labute approximate surface area is 107 Å². The van der Waals surface area contributed by atoms with Gasteiger partial charge in [-0.1, -0.05) is 19.1 Å². The van der Waals surface area contributed by atoms with Crippen molar-refractivity contribution >= 4 is 11.7 Å². The minimum absolute atomic E-state index is 0.188. The lowest BCUT2D eigenvalue weighted by Gasteiger charge is -2.35. The Morgan fingerprint density at radius 3 is 2.94 bits per heavy atom. The molecule has 2 amide bonds. The first-order valence-electron chi connectivity index (χ1n) is 6.54. The summed E-state index contributed by atoms with van der Waals surface area (Å²) in [5, 5.41) is 2.66. The number of benzene rings is 1. The van der Waals surface area contributed by atoms with Gasteiger partial charge in [0.05, 0.1) is 5.69 Å². The average Bonchev–Trinajstić information content (AvgIpc) is 2.41. The molecule has 98 valence electrons. The summed E-state index contributed by atoms with van der Waals surface area (Å²) in [5.41, 5.74) is 0.253. The smallest absolute Gasteiger partial charge is 0.322 e. The Hall–Kier alpha value is -1.58. The summed E-state index contributed by atoms with van der Waals surface area (Å²) in [5.74, 6) is -0.393. The molecule has 0 aromatic heterocycles. The molecule has 2 rings (SSSR count). The molecule has 0 aliphatic carbocycles. The van der Waals surface area contributed by atoms with Crippen molar-refractivity contribution in [3.63, 3.8) is 0 Å². The molecule has 1 unspecified atom stereocenters. The van der Waals surface area contributed by atoms with Crippen molar-refractivity contribution in [1.29, 1.82) is 0 Å². The number of nitrogens with zero attached hydrogens (tertiary/aromatic N) is 1. The van der Waals surface area contributed by atoms with Crippen molar-refractivity contribution in [2.45, 2.75) is 38.6 Å². The molecular weight excluding hydrogens is 231 g/mol. The number of piperidine rings is 1. The summed E-state index contributed by atoms with van der Waals surface area (Å²) in [6.45, 7) is 2.85. The van der Waals surface area contributed by atoms with E-state index < -0.39 is 5.82 Å². The number of halogens is 1. The van der Waals surface area contributed by atoms with E-state index in [1.54, 1.807) is 18.2 Å². The molecule has 18 heavy (non-hydrogen) atoms. The Morgan fingerprint density at radius 2 is 2.22 bits per heavy atom. The molecule has 1 aromatic carbocycles. The van der Waals surface area contributed by atoms with Gasteiger partial charge in [-0.05, 0) is 37.8 Å². The molecule has 0 spiro atoms. The number of carbonyl (C=O) groups excluding carboxylic acids is 1. The van der Waals surface area contributed by atoms with E-state index in [4.69, 9.17) is 0 Å². The van der Waals surface area contributed by atoms with E-state index in [0.717, 1.165) is 25.8 Å². The average molecular weight is 250 g/mol. The number of para-hydroxylation sites is 1. The second-order valence-corrected chi connectivity index (χ2v) is 4.66. The van der Waals surface area contributed by atoms with Crippen LogP contribution in [0.5, 0.6) is 0 Å². The molecule has 1 N–H and O–H groups in total. The molecule has 1 fully saturated rings. The standard InChI is InChI=1S/C14H19FN2O/c1-2-11-7-5-6-10-17(11)14(18)16-13-9-4-3-8-12(13)15/h3-4,8-9,11H,2,5-7,10H2,1H3,(H,16,18). The predicted octanol–water partition coefficient (Wildman–Crippen LogP) is 3.62. The van der Waals surface area contributed by atoms with Crippen molar-refractivity contribution in [1.82, 2.24) is 4.90 Å². The third-order valence-corrected chi connectivity index (χ3v) is 3.47. The molecule has 1 aliphatic rings. The Morgan fingerprint density at radius 1 is 1.44 bits per heavy atom. The second kappa shape index (κ2) is 5.85. The van der Waals surface area contributed by atoms with Crippen LogP contribution in [0.2, 0.25) is 0 Å². The highest BCUT2D eigenvalue weighted by Gasteiger charge is 2.25. The van der Waals surface area contributed by atoms with Crippen LogP contribution in [-0.2, 0) is 0 Å². The lowest BCUT2D eigenvalue weighted by molar-refractivity contribution is 0.160. The summed E-state index contributed by atoms with van der Waals surface area (Å²) >= 11 is 0. The van der Waals surface area contributed by atoms with E-state index in [0.29, 0.717) is 0 Å². The first-order valence-corrected chi connectivity index (χ1v) is 6.54. The number of likely N-dealkylation sites (tertiary alicyclic amines) is 1. The number of anilines is 1. The first kappa shape index (κ1) is 12.9. The van der Waals surface area contributed by atoms with E-state index in [9.17, 15) is 9.18 Å². The van der Waals surface area contributed by atoms with Gasteiger partial charge in [0, 0.05) is 12.6 Å². The van der Waals surface area contributed by atoms with Crippen LogP contribution in [0, 0.1) is 5.82 Å². The Bertz CT molecular complexity index is 422. The minimum Gasteiger partial charge on any atom is -0.322 e. The van der Waals surface area contributed by atoms with Gasteiger partial charge in [0.2, 0.25) is 0 Å². The van der Waals surface area contributed by atoms with Crippen LogP contribution in [0.3, 0.4) is 0 Å². The summed E-state index contributed by atoms with van der Waals surface area (Å²) in [4.78, 5) is 14.0. The Balaban J connectivity index is 2.05. The summed E-state index contributed by atoms with van der Waals surface area (Å²) < 4.78 is 13.5. The number of rotatable bonds is 2. The zero-order valence-electron chi connectivity index (χ0n) is 10.7. The number of hydrogen-bond donors (Lipinski definition) is 1. The lowest BCUT2D eigenvalue weighted by Crippen LogP contribution is -2.45. The topological polar surface area (TPSA) is 32.3 Å². The van der Waals surface area contributed by atoms with E-state index in [1.807, 2.05) is 4.90 Å². The molecule has 0 saturated carbocycles. The zero-order valence-corrected chi connectivity index (χ0v) is 10.7. The van der Waals surface area contributed by atoms with Gasteiger partial charge in [-0.15, -0.1) is 0 Å². The number of amides is 2. The molecule has 0 bridgehead atoms. The summed E-state index contributed by atoms with van der Waals surface area (Å²) in [7, 11) is 0. The predicted molar refractivity (Wildman–Crippen MR) is 70.1 cm³/mol. The number of carbonyl (C=O) groups is 1. The normalized spacial score (nSPS) is 19.7. The quantitative estimate of drug-likeness (QED) is 0.854. The fourth-order valence-electron chi connectivity index (χ4n) is 2.44. The zero-order chi connectivity index (χ0) is 13.0. The Kier molecular flexibility index (Phi) is 4.18. The molecule has 1 atom stereocenters. The molecular formula is C14H19FN2O. The van der Waals surface area contributed by atoms with Crippen molar-refractivity contribution in [3.05, 3.63) is 30.1 Å². The highest BCUT2D eigenvalue weighted by Crippen LogP contribution is 2.21. The van der Waals surface area contributed by atoms with Gasteiger partial charge in [0.1, 0.15) is 5.82 Å². The van der Waals surface area contributed by atoms with Crippen LogP contribution in [0.25, 0.3) is 0 Å². The number of nitrogens with one attached hydrogen (secondary N) is 1. The van der Waals surface area contributed by atoms with E-state index in [-0.39, 0.29) is 17.8 Å². The van der Waals surface area contributed by atoms with Crippen LogP contribution in [0.4, 0.5) is 14.9 Å². The highest BCUT2D eigenvalue weighted by molar-refractivity contribution is 5.89. The fourth-order valence-corrected chi connectivity index (χ4v) is 2.44. The van der Waals surface area contributed by atoms with Gasteiger partial charge in [-0.2, -0.15) is 0 Å². The fraction of sp³-hybridized carbons (Fsp3) is 0.500. The van der Waals surface area contributed by atoms with Crippen LogP contribution in [0.15, 0.2) is 24.3 Å². The van der Waals surface area contributed by atoms with Crippen LogP contribution >= 0.6 is 0 Å². The molecule has 3 nitrogen and oxygen atoms in total. The van der Waals surface area contributed by atoms with Crippen molar-refractivity contribution in [2.24, 2.45) is 0 Å². The molecule has 1 aliphatic heterocycles. The van der Waals surface area contributed by atoms with Gasteiger partial charge >= 0.3 is 6.03 Å². The van der Waals surface area contributed by atoms with Gasteiger partial charge in [0.25, 0.3) is 0 Å². The molecule has 1 heterocycles. The van der Waals surface area contributed by atoms with Crippen molar-refractivity contribution < 1.29 is 9.18 Å². The highest BCUT2D eigenvalue weighted by atomic mass is 19.1. The lowest BCUT2D eigenvalue weighted by atomic mass is 10.0. The van der Waals surface area contributed by atoms with Crippen molar-refractivity contribution in [3.8, 4) is 0 Å².